The fraction of sp³-hybridized carbons (Fsp3) is 0.464. The lowest BCUT2D eigenvalue weighted by Crippen LogP contribution is -2.37. The highest BCUT2D eigenvalue weighted by atomic mass is 16.5. The van der Waals surface area contributed by atoms with E-state index in [0.717, 1.165) is 12.8 Å². The molecule has 0 aliphatic heterocycles. The molecule has 4 rings (SSSR count). The molecule has 0 aromatic heterocycles. The molecule has 1 atom stereocenters. The van der Waals surface area contributed by atoms with Gasteiger partial charge in [0.25, 0.3) is 0 Å². The number of rotatable bonds is 11. The average Bonchev–Trinajstić information content (AvgIpc) is 3.12. The third-order valence-corrected chi connectivity index (χ3v) is 7.13. The molecule has 0 spiro atoms. The van der Waals surface area contributed by atoms with Gasteiger partial charge in [-0.25, -0.2) is 4.79 Å². The Kier molecular flexibility index (Phi) is 8.06. The molecule has 2 aliphatic carbocycles. The van der Waals surface area contributed by atoms with Gasteiger partial charge in [0.2, 0.25) is 5.91 Å². The molecule has 2 aliphatic rings. The summed E-state index contributed by atoms with van der Waals surface area (Å²) in [5.41, 5.74) is 4.75. The maximum Gasteiger partial charge on any atom is 0.407 e. The normalized spacial score (nSPS) is 19.1. The Balaban J connectivity index is 1.12. The molecule has 186 valence electrons. The maximum absolute atomic E-state index is 12.4. The first kappa shape index (κ1) is 24.8. The van der Waals surface area contributed by atoms with Crippen LogP contribution in [0.15, 0.2) is 48.5 Å². The summed E-state index contributed by atoms with van der Waals surface area (Å²) in [5, 5.41) is 14.6. The van der Waals surface area contributed by atoms with E-state index in [1.54, 1.807) is 0 Å². The number of carbonyl (C=O) groups excluding carboxylic acids is 2. The highest BCUT2D eigenvalue weighted by Gasteiger charge is 2.31. The van der Waals surface area contributed by atoms with E-state index in [1.807, 2.05) is 31.2 Å². The van der Waals surface area contributed by atoms with Crippen LogP contribution in [0.2, 0.25) is 0 Å². The first-order chi connectivity index (χ1) is 16.9. The molecule has 2 amide bonds. The Morgan fingerprint density at radius 2 is 1.63 bits per heavy atom. The standard InChI is InChI=1S/C28H34N2O5/c1-18(7-6-12-26(31)29-16-20-13-19(14-20)15-27(32)33)30-28(34)35-17-25-23-10-4-2-8-21(23)22-9-3-5-11-24(22)25/h2-5,8-11,18-20,25H,6-7,12-17H2,1H3,(H,29,31)(H,30,34)(H,32,33). The minimum Gasteiger partial charge on any atom is -0.481 e. The number of hydrogen-bond acceptors (Lipinski definition) is 4. The molecule has 3 N–H and O–H groups in total. The van der Waals surface area contributed by atoms with Gasteiger partial charge in [-0.3, -0.25) is 9.59 Å². The first-order valence-corrected chi connectivity index (χ1v) is 12.5. The number of carbonyl (C=O) groups is 3. The number of fused-ring (bicyclic) bond motifs is 3. The number of carboxylic acid groups (broad SMARTS) is 1. The van der Waals surface area contributed by atoms with Crippen LogP contribution in [-0.4, -0.2) is 42.3 Å². The molecule has 1 saturated carbocycles. The van der Waals surface area contributed by atoms with Crippen LogP contribution in [-0.2, 0) is 14.3 Å². The van der Waals surface area contributed by atoms with Crippen LogP contribution in [0.5, 0.6) is 0 Å². The molecule has 35 heavy (non-hydrogen) atoms. The second-order valence-electron chi connectivity index (χ2n) is 9.87. The zero-order chi connectivity index (χ0) is 24.8. The molecule has 0 radical (unpaired) electrons. The monoisotopic (exact) mass is 478 g/mol. The number of alkyl carbamates (subject to hydrolysis) is 1. The summed E-state index contributed by atoms with van der Waals surface area (Å²) in [7, 11) is 0. The average molecular weight is 479 g/mol. The van der Waals surface area contributed by atoms with Crippen LogP contribution < -0.4 is 10.6 Å². The molecular formula is C28H34N2O5. The summed E-state index contributed by atoms with van der Waals surface area (Å²) in [5.74, 6) is -0.0859. The van der Waals surface area contributed by atoms with Gasteiger partial charge in [0.05, 0.1) is 0 Å². The van der Waals surface area contributed by atoms with E-state index in [0.29, 0.717) is 31.7 Å². The lowest BCUT2D eigenvalue weighted by atomic mass is 9.73. The Hall–Kier alpha value is -3.35. The molecule has 7 nitrogen and oxygen atoms in total. The van der Waals surface area contributed by atoms with Crippen molar-refractivity contribution < 1.29 is 24.2 Å². The molecule has 7 heteroatoms. The third-order valence-electron chi connectivity index (χ3n) is 7.13. The molecular weight excluding hydrogens is 444 g/mol. The van der Waals surface area contributed by atoms with Gasteiger partial charge in [-0.2, -0.15) is 0 Å². The quantitative estimate of drug-likeness (QED) is 0.434. The van der Waals surface area contributed by atoms with Crippen molar-refractivity contribution in [1.82, 2.24) is 10.6 Å². The Labute approximate surface area is 206 Å². The number of benzene rings is 2. The zero-order valence-electron chi connectivity index (χ0n) is 20.2. The summed E-state index contributed by atoms with van der Waals surface area (Å²) in [6.45, 7) is 2.81. The summed E-state index contributed by atoms with van der Waals surface area (Å²) < 4.78 is 5.59. The van der Waals surface area contributed by atoms with E-state index < -0.39 is 12.1 Å². The van der Waals surface area contributed by atoms with E-state index in [1.165, 1.54) is 22.3 Å². The summed E-state index contributed by atoms with van der Waals surface area (Å²) in [6, 6.07) is 16.4. The van der Waals surface area contributed by atoms with Crippen LogP contribution in [0, 0.1) is 11.8 Å². The second kappa shape index (κ2) is 11.4. The van der Waals surface area contributed by atoms with E-state index in [4.69, 9.17) is 9.84 Å². The van der Waals surface area contributed by atoms with Crippen molar-refractivity contribution in [1.29, 1.82) is 0 Å². The van der Waals surface area contributed by atoms with Gasteiger partial charge in [-0.15, -0.1) is 0 Å². The summed E-state index contributed by atoms with van der Waals surface area (Å²) in [4.78, 5) is 35.2. The number of amides is 2. The number of ether oxygens (including phenoxy) is 1. The number of nitrogens with one attached hydrogen (secondary N) is 2. The topological polar surface area (TPSA) is 105 Å². The number of carboxylic acids is 1. The van der Waals surface area contributed by atoms with Gasteiger partial charge in [0.15, 0.2) is 0 Å². The van der Waals surface area contributed by atoms with Crippen molar-refractivity contribution in [2.24, 2.45) is 11.8 Å². The van der Waals surface area contributed by atoms with Crippen molar-refractivity contribution in [3.05, 3.63) is 59.7 Å². The number of hydrogen-bond donors (Lipinski definition) is 3. The van der Waals surface area contributed by atoms with Crippen LogP contribution in [0.3, 0.4) is 0 Å². The Bertz CT molecular complexity index is 1020. The van der Waals surface area contributed by atoms with Gasteiger partial charge in [-0.05, 0) is 66.7 Å². The van der Waals surface area contributed by atoms with Crippen LogP contribution in [0.1, 0.15) is 62.5 Å². The largest absolute Gasteiger partial charge is 0.481 e. The van der Waals surface area contributed by atoms with E-state index >= 15 is 0 Å². The lowest BCUT2D eigenvalue weighted by Gasteiger charge is -2.34. The van der Waals surface area contributed by atoms with Crippen molar-refractivity contribution in [2.45, 2.75) is 57.4 Å². The van der Waals surface area contributed by atoms with Gasteiger partial charge >= 0.3 is 12.1 Å². The van der Waals surface area contributed by atoms with Gasteiger partial charge in [-0.1, -0.05) is 48.5 Å². The van der Waals surface area contributed by atoms with Crippen molar-refractivity contribution in [3.8, 4) is 11.1 Å². The molecule has 1 fully saturated rings. The number of aliphatic carboxylic acids is 1. The summed E-state index contributed by atoms with van der Waals surface area (Å²) >= 11 is 0. The van der Waals surface area contributed by atoms with E-state index in [-0.39, 0.29) is 36.8 Å². The molecule has 1 unspecified atom stereocenters. The van der Waals surface area contributed by atoms with E-state index in [2.05, 4.69) is 34.9 Å². The zero-order valence-corrected chi connectivity index (χ0v) is 20.2. The third kappa shape index (κ3) is 6.41. The minimum atomic E-state index is -0.752. The van der Waals surface area contributed by atoms with Gasteiger partial charge in [0.1, 0.15) is 6.61 Å². The molecule has 2 aromatic rings. The Morgan fingerprint density at radius 3 is 2.26 bits per heavy atom. The fourth-order valence-electron chi connectivity index (χ4n) is 5.28. The van der Waals surface area contributed by atoms with Gasteiger partial charge in [0, 0.05) is 31.3 Å². The highest BCUT2D eigenvalue weighted by Crippen LogP contribution is 2.44. The van der Waals surface area contributed by atoms with Crippen molar-refractivity contribution in [3.63, 3.8) is 0 Å². The van der Waals surface area contributed by atoms with E-state index in [9.17, 15) is 14.4 Å². The Morgan fingerprint density at radius 1 is 1.00 bits per heavy atom. The van der Waals surface area contributed by atoms with Crippen LogP contribution in [0.25, 0.3) is 11.1 Å². The maximum atomic E-state index is 12.4. The predicted molar refractivity (Wildman–Crippen MR) is 133 cm³/mol. The molecule has 0 saturated heterocycles. The molecule has 2 aromatic carbocycles. The lowest BCUT2D eigenvalue weighted by molar-refractivity contribution is -0.139. The van der Waals surface area contributed by atoms with Crippen LogP contribution >= 0.6 is 0 Å². The van der Waals surface area contributed by atoms with Gasteiger partial charge < -0.3 is 20.5 Å². The predicted octanol–water partition coefficient (Wildman–Crippen LogP) is 4.70. The second-order valence-corrected chi connectivity index (χ2v) is 9.87. The first-order valence-electron chi connectivity index (χ1n) is 12.5. The smallest absolute Gasteiger partial charge is 0.407 e. The SMILES string of the molecule is CC(CCCC(=O)NCC1CC(CC(=O)O)C1)NC(=O)OCC1c2ccccc2-c2ccccc21. The fourth-order valence-corrected chi connectivity index (χ4v) is 5.28. The van der Waals surface area contributed by atoms with Crippen molar-refractivity contribution in [2.75, 3.05) is 13.2 Å². The highest BCUT2D eigenvalue weighted by molar-refractivity contribution is 5.79. The van der Waals surface area contributed by atoms with Crippen molar-refractivity contribution >= 4 is 18.0 Å². The molecule has 0 heterocycles. The minimum absolute atomic E-state index is 0.0000233. The molecule has 0 bridgehead atoms. The summed E-state index contributed by atoms with van der Waals surface area (Å²) in [6.07, 6.45) is 3.28. The van der Waals surface area contributed by atoms with Crippen LogP contribution in [0.4, 0.5) is 4.79 Å².